The average Bonchev–Trinajstić information content (AvgIpc) is 2.65. The van der Waals surface area contributed by atoms with Gasteiger partial charge in [0.25, 0.3) is 0 Å². The van der Waals surface area contributed by atoms with Crippen molar-refractivity contribution in [2.24, 2.45) is 28.6 Å². The van der Waals surface area contributed by atoms with E-state index in [4.69, 9.17) is 0 Å². The second-order valence-electron chi connectivity index (χ2n) is 7.22. The van der Waals surface area contributed by atoms with E-state index in [9.17, 15) is 9.18 Å². The van der Waals surface area contributed by atoms with Crippen LogP contribution < -0.4 is 0 Å². The predicted molar refractivity (Wildman–Crippen MR) is 71.8 cm³/mol. The Morgan fingerprint density at radius 1 is 1.28 bits per heavy atom. The van der Waals surface area contributed by atoms with E-state index >= 15 is 0 Å². The van der Waals surface area contributed by atoms with Gasteiger partial charge in [0.1, 0.15) is 0 Å². The van der Waals surface area contributed by atoms with Crippen molar-refractivity contribution in [1.82, 2.24) is 0 Å². The Balaban J connectivity index is 2.44. The Hall–Kier alpha value is -0.660. The normalized spacial score (nSPS) is 42.4. The summed E-state index contributed by atoms with van der Waals surface area (Å²) in [5.41, 5.74) is 0.618. The molecule has 3 unspecified atom stereocenters. The van der Waals surface area contributed by atoms with Gasteiger partial charge in [0, 0.05) is 0 Å². The van der Waals surface area contributed by atoms with Crippen molar-refractivity contribution in [2.45, 2.75) is 53.4 Å². The summed E-state index contributed by atoms with van der Waals surface area (Å²) < 4.78 is 13.7. The molecule has 2 heteroatoms. The summed E-state index contributed by atoms with van der Waals surface area (Å²) in [4.78, 5) is 11.6. The molecular weight excluding hydrogens is 227 g/mol. The molecule has 0 spiro atoms. The van der Waals surface area contributed by atoms with Crippen molar-refractivity contribution in [3.63, 3.8) is 0 Å². The molecule has 102 valence electrons. The summed E-state index contributed by atoms with van der Waals surface area (Å²) in [5, 5.41) is 0. The molecule has 0 aromatic carbocycles. The van der Waals surface area contributed by atoms with Gasteiger partial charge in [-0.1, -0.05) is 32.9 Å². The molecular formula is C16H25FO. The monoisotopic (exact) mass is 252 g/mol. The average molecular weight is 252 g/mol. The summed E-state index contributed by atoms with van der Waals surface area (Å²) in [5.74, 6) is 0.839. The molecule has 2 rings (SSSR count). The lowest BCUT2D eigenvalue weighted by Gasteiger charge is -2.50. The topological polar surface area (TPSA) is 17.1 Å². The van der Waals surface area contributed by atoms with Crippen LogP contribution >= 0.6 is 0 Å². The highest BCUT2D eigenvalue weighted by Crippen LogP contribution is 2.63. The fourth-order valence-corrected chi connectivity index (χ4v) is 4.40. The molecule has 0 bridgehead atoms. The molecule has 2 fully saturated rings. The van der Waals surface area contributed by atoms with Gasteiger partial charge in [-0.15, -0.1) is 0 Å². The summed E-state index contributed by atoms with van der Waals surface area (Å²) in [7, 11) is 0. The number of carbonyl (C=O) groups is 1. The van der Waals surface area contributed by atoms with E-state index in [1.54, 1.807) is 0 Å². The number of carbonyl (C=O) groups excluding carboxylic acids is 1. The second-order valence-corrected chi connectivity index (χ2v) is 7.22. The van der Waals surface area contributed by atoms with E-state index in [-0.39, 0.29) is 11.3 Å². The summed E-state index contributed by atoms with van der Waals surface area (Å²) >= 11 is 0. The van der Waals surface area contributed by atoms with Gasteiger partial charge in [0.2, 0.25) is 0 Å². The van der Waals surface area contributed by atoms with Crippen molar-refractivity contribution in [3.8, 4) is 0 Å². The molecule has 0 heterocycles. The Kier molecular flexibility index (Phi) is 3.19. The van der Waals surface area contributed by atoms with Crippen LogP contribution in [0.2, 0.25) is 0 Å². The molecule has 0 aromatic rings. The number of fused-ring (bicyclic) bond motifs is 1. The van der Waals surface area contributed by atoms with Crippen molar-refractivity contribution < 1.29 is 9.18 Å². The third-order valence-electron chi connectivity index (χ3n) is 5.98. The Bertz CT molecular complexity index is 385. The highest BCUT2D eigenvalue weighted by atomic mass is 19.1. The number of allylic oxidation sites excluding steroid dienone is 1. The minimum atomic E-state index is -1.07. The van der Waals surface area contributed by atoms with Crippen molar-refractivity contribution in [3.05, 3.63) is 12.2 Å². The molecule has 1 nitrogen and oxygen atoms in total. The SMILES string of the molecule is C=C(C)[C@@H]1CCC2(C(=O)F)CCC(C)(C)C(C)C12. The minimum absolute atomic E-state index is 0.149. The molecule has 2 aliphatic rings. The van der Waals surface area contributed by atoms with Gasteiger partial charge in [0.15, 0.2) is 0 Å². The smallest absolute Gasteiger partial charge is 0.261 e. The first-order valence-electron chi connectivity index (χ1n) is 7.08. The number of hydrogen-bond acceptors (Lipinski definition) is 1. The lowest BCUT2D eigenvalue weighted by Crippen LogP contribution is -2.48. The van der Waals surface area contributed by atoms with Gasteiger partial charge >= 0.3 is 6.04 Å². The van der Waals surface area contributed by atoms with E-state index in [0.29, 0.717) is 24.7 Å². The quantitative estimate of drug-likeness (QED) is 0.521. The first-order valence-corrected chi connectivity index (χ1v) is 7.08. The first kappa shape index (κ1) is 13.8. The van der Waals surface area contributed by atoms with Crippen LogP contribution in [0.3, 0.4) is 0 Å². The van der Waals surface area contributed by atoms with Crippen LogP contribution in [0.25, 0.3) is 0 Å². The summed E-state index contributed by atoms with van der Waals surface area (Å²) in [6.07, 6.45) is 3.30. The highest BCUT2D eigenvalue weighted by Gasteiger charge is 2.60. The van der Waals surface area contributed by atoms with Crippen molar-refractivity contribution in [1.29, 1.82) is 0 Å². The van der Waals surface area contributed by atoms with Crippen LogP contribution in [-0.4, -0.2) is 6.04 Å². The Labute approximate surface area is 110 Å². The molecule has 0 amide bonds. The fourth-order valence-electron chi connectivity index (χ4n) is 4.40. The maximum absolute atomic E-state index is 13.7. The number of hydrogen-bond donors (Lipinski definition) is 0. The predicted octanol–water partition coefficient (Wildman–Crippen LogP) is 4.53. The molecule has 0 aromatic heterocycles. The molecule has 2 aliphatic carbocycles. The van der Waals surface area contributed by atoms with Crippen LogP contribution in [0, 0.1) is 28.6 Å². The van der Waals surface area contributed by atoms with Crippen LogP contribution in [0.1, 0.15) is 53.4 Å². The first-order chi connectivity index (χ1) is 8.22. The molecule has 0 N–H and O–H groups in total. The van der Waals surface area contributed by atoms with E-state index < -0.39 is 11.5 Å². The second kappa shape index (κ2) is 4.18. The molecule has 0 saturated heterocycles. The fraction of sp³-hybridized carbons (Fsp3) is 0.812. The molecule has 2 saturated carbocycles. The standard InChI is InChI=1S/C16H25FO/c1-10(2)12-6-7-16(14(17)18)9-8-15(4,5)11(3)13(12)16/h11-13H,1,6-9H2,2-5H3/t11?,12-,13?,16?/m0/s1. The van der Waals surface area contributed by atoms with E-state index in [1.165, 1.54) is 0 Å². The largest absolute Gasteiger partial charge is 0.307 e. The maximum Gasteiger partial charge on any atom is 0.307 e. The van der Waals surface area contributed by atoms with E-state index in [0.717, 1.165) is 18.4 Å². The van der Waals surface area contributed by atoms with Gasteiger partial charge in [0.05, 0.1) is 5.41 Å². The maximum atomic E-state index is 13.7. The zero-order chi connectivity index (χ0) is 13.7. The van der Waals surface area contributed by atoms with Gasteiger partial charge in [-0.2, -0.15) is 4.39 Å². The molecule has 0 radical (unpaired) electrons. The highest BCUT2D eigenvalue weighted by molar-refractivity contribution is 5.77. The number of halogens is 1. The summed E-state index contributed by atoms with van der Waals surface area (Å²) in [6, 6.07) is -1.07. The number of rotatable bonds is 2. The lowest BCUT2D eigenvalue weighted by atomic mass is 9.53. The molecule has 4 atom stereocenters. The van der Waals surface area contributed by atoms with Gasteiger partial charge in [-0.3, -0.25) is 4.79 Å². The minimum Gasteiger partial charge on any atom is -0.261 e. The zero-order valence-corrected chi connectivity index (χ0v) is 12.1. The van der Waals surface area contributed by atoms with E-state index in [2.05, 4.69) is 27.4 Å². The zero-order valence-electron chi connectivity index (χ0n) is 12.1. The third kappa shape index (κ3) is 1.76. The summed E-state index contributed by atoms with van der Waals surface area (Å²) in [6.45, 7) is 12.8. The van der Waals surface area contributed by atoms with Crippen molar-refractivity contribution >= 4 is 6.04 Å². The Morgan fingerprint density at radius 2 is 1.89 bits per heavy atom. The third-order valence-corrected chi connectivity index (χ3v) is 5.98. The lowest BCUT2D eigenvalue weighted by molar-refractivity contribution is -0.151. The van der Waals surface area contributed by atoms with Crippen LogP contribution in [0.4, 0.5) is 4.39 Å². The van der Waals surface area contributed by atoms with E-state index in [1.807, 2.05) is 6.92 Å². The van der Waals surface area contributed by atoms with Crippen LogP contribution in [-0.2, 0) is 4.79 Å². The van der Waals surface area contributed by atoms with Gasteiger partial charge in [-0.25, -0.2) is 0 Å². The molecule has 18 heavy (non-hydrogen) atoms. The van der Waals surface area contributed by atoms with Crippen LogP contribution in [0.15, 0.2) is 12.2 Å². The van der Waals surface area contributed by atoms with Crippen molar-refractivity contribution in [2.75, 3.05) is 0 Å². The van der Waals surface area contributed by atoms with Gasteiger partial charge in [-0.05, 0) is 55.8 Å². The van der Waals surface area contributed by atoms with Gasteiger partial charge < -0.3 is 0 Å². The Morgan fingerprint density at radius 3 is 2.39 bits per heavy atom. The molecule has 0 aliphatic heterocycles. The van der Waals surface area contributed by atoms with Crippen LogP contribution in [0.5, 0.6) is 0 Å².